The van der Waals surface area contributed by atoms with E-state index >= 15 is 0 Å². The van der Waals surface area contributed by atoms with Gasteiger partial charge in [-0.05, 0) is 35.7 Å². The number of nitrogens with zero attached hydrogens (tertiary/aromatic N) is 1. The molecule has 1 rings (SSSR count). The van der Waals surface area contributed by atoms with Crippen LogP contribution in [0.1, 0.15) is 18.9 Å². The Morgan fingerprint density at radius 2 is 1.93 bits per heavy atom. The zero-order valence-electron chi connectivity index (χ0n) is 8.46. The Kier molecular flexibility index (Phi) is 3.96. The summed E-state index contributed by atoms with van der Waals surface area (Å²) in [7, 11) is 1.66. The van der Waals surface area contributed by atoms with Gasteiger partial charge in [0.1, 0.15) is 0 Å². The van der Waals surface area contributed by atoms with Gasteiger partial charge in [0.05, 0.1) is 0 Å². The fraction of sp³-hybridized carbons (Fsp3) is 0.364. The lowest BCUT2D eigenvalue weighted by Crippen LogP contribution is -2.19. The van der Waals surface area contributed by atoms with Crippen molar-refractivity contribution in [1.82, 2.24) is 0 Å². The van der Waals surface area contributed by atoms with Gasteiger partial charge in [-0.1, -0.05) is 25.5 Å². The van der Waals surface area contributed by atoms with E-state index in [-0.39, 0.29) is 0 Å². The summed E-state index contributed by atoms with van der Waals surface area (Å²) in [6.45, 7) is 2.14. The van der Waals surface area contributed by atoms with Gasteiger partial charge in [-0.25, -0.2) is 0 Å². The van der Waals surface area contributed by atoms with E-state index < -0.39 is 5.37 Å². The normalized spacial score (nSPS) is 9.93. The molecule has 0 aliphatic carbocycles. The second-order valence-electron chi connectivity index (χ2n) is 3.23. The van der Waals surface area contributed by atoms with Crippen molar-refractivity contribution in [3.05, 3.63) is 29.8 Å². The van der Waals surface area contributed by atoms with E-state index in [0.29, 0.717) is 0 Å². The molecule has 1 aromatic carbocycles. The summed E-state index contributed by atoms with van der Waals surface area (Å²) in [5.41, 5.74) is 2.11. The van der Waals surface area contributed by atoms with Crippen LogP contribution in [0.15, 0.2) is 24.3 Å². The minimum absolute atomic E-state index is 0.465. The summed E-state index contributed by atoms with van der Waals surface area (Å²) in [5.74, 6) is 0. The van der Waals surface area contributed by atoms with Crippen LogP contribution < -0.4 is 4.90 Å². The average molecular weight is 212 g/mol. The standard InChI is InChI=1S/C11H14ClNO/c1-3-4-9-5-7-10(8-6-9)13(2)11(12)14/h5-8H,3-4H2,1-2H3. The molecule has 2 nitrogen and oxygen atoms in total. The van der Waals surface area contributed by atoms with E-state index in [1.807, 2.05) is 24.3 Å². The van der Waals surface area contributed by atoms with Crippen molar-refractivity contribution in [2.45, 2.75) is 19.8 Å². The molecule has 0 fully saturated rings. The zero-order valence-corrected chi connectivity index (χ0v) is 9.21. The van der Waals surface area contributed by atoms with Crippen molar-refractivity contribution < 1.29 is 4.79 Å². The van der Waals surface area contributed by atoms with E-state index in [4.69, 9.17) is 11.6 Å². The Morgan fingerprint density at radius 1 is 1.36 bits per heavy atom. The molecule has 1 aromatic rings. The van der Waals surface area contributed by atoms with E-state index in [2.05, 4.69) is 6.92 Å². The maximum Gasteiger partial charge on any atom is 0.320 e. The summed E-state index contributed by atoms with van der Waals surface area (Å²) in [5, 5.41) is -0.465. The molecule has 0 saturated carbocycles. The van der Waals surface area contributed by atoms with Crippen LogP contribution in [0.5, 0.6) is 0 Å². The maximum absolute atomic E-state index is 10.8. The van der Waals surface area contributed by atoms with Crippen LogP contribution >= 0.6 is 11.6 Å². The first-order chi connectivity index (χ1) is 6.65. The number of benzene rings is 1. The number of rotatable bonds is 3. The molecule has 0 aliphatic rings. The second-order valence-corrected chi connectivity index (χ2v) is 3.55. The third kappa shape index (κ3) is 2.74. The molecule has 0 aliphatic heterocycles. The zero-order chi connectivity index (χ0) is 10.6. The van der Waals surface area contributed by atoms with Crippen molar-refractivity contribution in [1.29, 1.82) is 0 Å². The van der Waals surface area contributed by atoms with Gasteiger partial charge in [-0.3, -0.25) is 4.79 Å². The van der Waals surface area contributed by atoms with Gasteiger partial charge >= 0.3 is 5.37 Å². The number of anilines is 1. The number of hydrogen-bond donors (Lipinski definition) is 0. The Balaban J connectivity index is 2.77. The topological polar surface area (TPSA) is 20.3 Å². The quantitative estimate of drug-likeness (QED) is 0.554. The molecule has 0 bridgehead atoms. The lowest BCUT2D eigenvalue weighted by molar-refractivity contribution is 0.265. The van der Waals surface area contributed by atoms with Crippen LogP contribution in [0.3, 0.4) is 0 Å². The number of carbonyl (C=O) groups is 1. The summed E-state index contributed by atoms with van der Waals surface area (Å²) in [6, 6.07) is 7.86. The first-order valence-corrected chi connectivity index (χ1v) is 5.05. The molecule has 1 amide bonds. The molecule has 14 heavy (non-hydrogen) atoms. The minimum atomic E-state index is -0.465. The van der Waals surface area contributed by atoms with Gasteiger partial charge in [0.25, 0.3) is 0 Å². The molecule has 0 N–H and O–H groups in total. The summed E-state index contributed by atoms with van der Waals surface area (Å²) in [4.78, 5) is 12.3. The Morgan fingerprint density at radius 3 is 2.36 bits per heavy atom. The van der Waals surface area contributed by atoms with Crippen LogP contribution in [-0.2, 0) is 6.42 Å². The van der Waals surface area contributed by atoms with Crippen LogP contribution in [0.2, 0.25) is 0 Å². The number of amides is 1. The summed E-state index contributed by atoms with van der Waals surface area (Å²) < 4.78 is 0. The fourth-order valence-corrected chi connectivity index (χ4v) is 1.37. The molecule has 0 spiro atoms. The molecule has 0 unspecified atom stereocenters. The second kappa shape index (κ2) is 5.01. The SMILES string of the molecule is CCCc1ccc(N(C)C(=O)Cl)cc1. The predicted octanol–water partition coefficient (Wildman–Crippen LogP) is 3.43. The largest absolute Gasteiger partial charge is 0.320 e. The van der Waals surface area contributed by atoms with Crippen molar-refractivity contribution in [3.63, 3.8) is 0 Å². The fourth-order valence-electron chi connectivity index (χ4n) is 1.28. The van der Waals surface area contributed by atoms with Gasteiger partial charge in [-0.15, -0.1) is 0 Å². The van der Waals surface area contributed by atoms with Crippen LogP contribution in [0, 0.1) is 0 Å². The third-order valence-corrected chi connectivity index (χ3v) is 2.38. The highest BCUT2D eigenvalue weighted by atomic mass is 35.5. The van der Waals surface area contributed by atoms with Crippen molar-refractivity contribution in [2.24, 2.45) is 0 Å². The van der Waals surface area contributed by atoms with Gasteiger partial charge in [0.15, 0.2) is 0 Å². The molecular weight excluding hydrogens is 198 g/mol. The van der Waals surface area contributed by atoms with Gasteiger partial charge < -0.3 is 4.90 Å². The van der Waals surface area contributed by atoms with Gasteiger partial charge in [0.2, 0.25) is 0 Å². The molecular formula is C11H14ClNO. The van der Waals surface area contributed by atoms with Crippen LogP contribution in [0.4, 0.5) is 10.5 Å². The highest BCUT2D eigenvalue weighted by molar-refractivity contribution is 6.66. The van der Waals surface area contributed by atoms with Crippen molar-refractivity contribution in [3.8, 4) is 0 Å². The molecule has 0 atom stereocenters. The number of hydrogen-bond acceptors (Lipinski definition) is 1. The monoisotopic (exact) mass is 211 g/mol. The lowest BCUT2D eigenvalue weighted by Gasteiger charge is -2.13. The van der Waals surface area contributed by atoms with Crippen molar-refractivity contribution >= 4 is 22.7 Å². The third-order valence-electron chi connectivity index (χ3n) is 2.13. The molecule has 0 aromatic heterocycles. The number of carbonyl (C=O) groups excluding carboxylic acids is 1. The van der Waals surface area contributed by atoms with Crippen molar-refractivity contribution in [2.75, 3.05) is 11.9 Å². The minimum Gasteiger partial charge on any atom is -0.302 e. The van der Waals surface area contributed by atoms with E-state index in [0.717, 1.165) is 18.5 Å². The predicted molar refractivity (Wildman–Crippen MR) is 60.1 cm³/mol. The maximum atomic E-state index is 10.8. The number of halogens is 1. The van der Waals surface area contributed by atoms with E-state index in [1.54, 1.807) is 7.05 Å². The Labute approximate surface area is 89.5 Å². The first kappa shape index (κ1) is 11.1. The van der Waals surface area contributed by atoms with Gasteiger partial charge in [-0.2, -0.15) is 0 Å². The highest BCUT2D eigenvalue weighted by Crippen LogP contribution is 2.15. The lowest BCUT2D eigenvalue weighted by atomic mass is 10.1. The number of aryl methyl sites for hydroxylation is 1. The molecule has 0 radical (unpaired) electrons. The highest BCUT2D eigenvalue weighted by Gasteiger charge is 2.06. The Bertz CT molecular complexity index is 308. The first-order valence-electron chi connectivity index (χ1n) is 4.67. The van der Waals surface area contributed by atoms with Crippen LogP contribution in [0.25, 0.3) is 0 Å². The molecule has 3 heteroatoms. The van der Waals surface area contributed by atoms with E-state index in [1.165, 1.54) is 10.5 Å². The van der Waals surface area contributed by atoms with E-state index in [9.17, 15) is 4.79 Å². The smallest absolute Gasteiger partial charge is 0.302 e. The van der Waals surface area contributed by atoms with Crippen LogP contribution in [-0.4, -0.2) is 12.4 Å². The average Bonchev–Trinajstić information content (AvgIpc) is 2.18. The van der Waals surface area contributed by atoms with Gasteiger partial charge in [0, 0.05) is 12.7 Å². The molecule has 0 heterocycles. The summed E-state index contributed by atoms with van der Waals surface area (Å²) in [6.07, 6.45) is 2.20. The Hall–Kier alpha value is -1.02. The summed E-state index contributed by atoms with van der Waals surface area (Å²) >= 11 is 5.35. The molecule has 76 valence electrons. The molecule has 0 saturated heterocycles.